The molecule has 2 N–H and O–H groups in total. The fraction of sp³-hybridized carbons (Fsp3) is 0.700. The van der Waals surface area contributed by atoms with Crippen LogP contribution in [-0.2, 0) is 6.54 Å². The number of anilines is 1. The predicted octanol–water partition coefficient (Wildman–Crippen LogP) is 1.09. The van der Waals surface area contributed by atoms with Crippen molar-refractivity contribution in [3.8, 4) is 0 Å². The normalized spacial score (nSPS) is 18.1. The van der Waals surface area contributed by atoms with Gasteiger partial charge in [0.05, 0.1) is 6.61 Å². The van der Waals surface area contributed by atoms with Crippen LogP contribution >= 0.6 is 0 Å². The maximum atomic E-state index is 9.14. The van der Waals surface area contributed by atoms with Gasteiger partial charge >= 0.3 is 0 Å². The smallest absolute Gasteiger partial charge is 0.202 e. The van der Waals surface area contributed by atoms with Crippen LogP contribution in [0, 0.1) is 5.41 Å². The van der Waals surface area contributed by atoms with Crippen molar-refractivity contribution in [2.45, 2.75) is 26.3 Å². The number of hydrogen-bond acceptors (Lipinski definition) is 3. The average molecular weight is 195 g/mol. The molecule has 0 saturated heterocycles. The molecular weight excluding hydrogens is 178 g/mol. The molecule has 1 aromatic heterocycles. The minimum Gasteiger partial charge on any atom is -0.396 e. The molecule has 1 aliphatic rings. The van der Waals surface area contributed by atoms with Gasteiger partial charge in [-0.25, -0.2) is 4.98 Å². The summed E-state index contributed by atoms with van der Waals surface area (Å²) >= 11 is 0. The molecule has 0 unspecified atom stereocenters. The number of nitrogens with one attached hydrogen (secondary N) is 1. The Bertz CT molecular complexity index is 304. The number of nitrogens with zero attached hydrogens (tertiary/aromatic N) is 2. The molecule has 1 aliphatic carbocycles. The zero-order valence-corrected chi connectivity index (χ0v) is 8.53. The van der Waals surface area contributed by atoms with Gasteiger partial charge in [-0.05, 0) is 19.8 Å². The minimum atomic E-state index is 0.143. The van der Waals surface area contributed by atoms with E-state index in [4.69, 9.17) is 5.11 Å². The Hall–Kier alpha value is -1.03. The third-order valence-corrected chi connectivity index (χ3v) is 2.97. The van der Waals surface area contributed by atoms with Crippen molar-refractivity contribution in [1.82, 2.24) is 9.55 Å². The molecule has 4 heteroatoms. The molecule has 0 aromatic carbocycles. The van der Waals surface area contributed by atoms with Gasteiger partial charge in [0.25, 0.3) is 0 Å². The largest absolute Gasteiger partial charge is 0.396 e. The molecule has 78 valence electrons. The molecule has 0 bridgehead atoms. The lowest BCUT2D eigenvalue weighted by Gasteiger charge is -2.13. The van der Waals surface area contributed by atoms with Crippen LogP contribution in [0.3, 0.4) is 0 Å². The zero-order chi connectivity index (χ0) is 10.0. The van der Waals surface area contributed by atoms with Crippen molar-refractivity contribution in [2.75, 3.05) is 18.5 Å². The Labute approximate surface area is 84.0 Å². The highest BCUT2D eigenvalue weighted by molar-refractivity contribution is 5.27. The molecule has 0 atom stereocenters. The fourth-order valence-corrected chi connectivity index (χ4v) is 1.57. The summed E-state index contributed by atoms with van der Waals surface area (Å²) in [5.41, 5.74) is 0.143. The van der Waals surface area contributed by atoms with Gasteiger partial charge in [0, 0.05) is 30.9 Å². The van der Waals surface area contributed by atoms with E-state index in [1.807, 2.05) is 6.20 Å². The highest BCUT2D eigenvalue weighted by Crippen LogP contribution is 2.44. The predicted molar refractivity (Wildman–Crippen MR) is 55.1 cm³/mol. The van der Waals surface area contributed by atoms with Crippen molar-refractivity contribution in [1.29, 1.82) is 0 Å². The van der Waals surface area contributed by atoms with Gasteiger partial charge in [0.1, 0.15) is 0 Å². The summed E-state index contributed by atoms with van der Waals surface area (Å²) < 4.78 is 2.06. The summed E-state index contributed by atoms with van der Waals surface area (Å²) in [6.45, 7) is 4.13. The van der Waals surface area contributed by atoms with Gasteiger partial charge < -0.3 is 15.0 Å². The van der Waals surface area contributed by atoms with E-state index in [0.717, 1.165) is 31.9 Å². The first-order chi connectivity index (χ1) is 6.79. The maximum absolute atomic E-state index is 9.14. The van der Waals surface area contributed by atoms with Gasteiger partial charge in [-0.1, -0.05) is 0 Å². The van der Waals surface area contributed by atoms with Crippen LogP contribution in [0.15, 0.2) is 12.4 Å². The zero-order valence-electron chi connectivity index (χ0n) is 8.53. The number of hydrogen-bond donors (Lipinski definition) is 2. The second-order valence-corrected chi connectivity index (χ2v) is 4.05. The molecule has 0 amide bonds. The van der Waals surface area contributed by atoms with Crippen LogP contribution in [0.5, 0.6) is 0 Å². The maximum Gasteiger partial charge on any atom is 0.202 e. The molecule has 2 rings (SSSR count). The van der Waals surface area contributed by atoms with E-state index in [2.05, 4.69) is 21.8 Å². The molecule has 0 aliphatic heterocycles. The first kappa shape index (κ1) is 9.52. The summed E-state index contributed by atoms with van der Waals surface area (Å²) in [7, 11) is 0. The van der Waals surface area contributed by atoms with Crippen LogP contribution in [0.1, 0.15) is 19.8 Å². The van der Waals surface area contributed by atoms with E-state index in [0.29, 0.717) is 0 Å². The standard InChI is InChI=1S/C10H17N3O/c1-2-13-6-5-11-9(13)12-7-10(8-14)3-4-10/h5-6,14H,2-4,7-8H2,1H3,(H,11,12). The van der Waals surface area contributed by atoms with E-state index >= 15 is 0 Å². The second-order valence-electron chi connectivity index (χ2n) is 4.05. The van der Waals surface area contributed by atoms with Crippen molar-refractivity contribution in [3.63, 3.8) is 0 Å². The Morgan fingerprint density at radius 2 is 2.43 bits per heavy atom. The minimum absolute atomic E-state index is 0.143. The summed E-state index contributed by atoms with van der Waals surface area (Å²) in [6.07, 6.45) is 6.01. The summed E-state index contributed by atoms with van der Waals surface area (Å²) in [5, 5.41) is 12.4. The van der Waals surface area contributed by atoms with E-state index < -0.39 is 0 Å². The van der Waals surface area contributed by atoms with Gasteiger partial charge in [-0.2, -0.15) is 0 Å². The number of aromatic nitrogens is 2. The highest BCUT2D eigenvalue weighted by atomic mass is 16.3. The molecule has 0 radical (unpaired) electrons. The first-order valence-corrected chi connectivity index (χ1v) is 5.15. The lowest BCUT2D eigenvalue weighted by molar-refractivity contribution is 0.219. The number of aliphatic hydroxyl groups excluding tert-OH is 1. The monoisotopic (exact) mass is 195 g/mol. The topological polar surface area (TPSA) is 50.1 Å². The van der Waals surface area contributed by atoms with Crippen molar-refractivity contribution in [2.24, 2.45) is 5.41 Å². The third-order valence-electron chi connectivity index (χ3n) is 2.97. The fourth-order valence-electron chi connectivity index (χ4n) is 1.57. The lowest BCUT2D eigenvalue weighted by Crippen LogP contribution is -2.20. The Kier molecular flexibility index (Phi) is 2.46. The molecule has 0 spiro atoms. The molecular formula is C10H17N3O. The molecule has 1 aromatic rings. The van der Waals surface area contributed by atoms with Gasteiger partial charge in [0.15, 0.2) is 0 Å². The number of aryl methyl sites for hydroxylation is 1. The molecule has 1 heterocycles. The van der Waals surface area contributed by atoms with Crippen LogP contribution < -0.4 is 5.32 Å². The Balaban J connectivity index is 1.91. The van der Waals surface area contributed by atoms with Crippen LogP contribution in [0.4, 0.5) is 5.95 Å². The van der Waals surface area contributed by atoms with Crippen molar-refractivity contribution in [3.05, 3.63) is 12.4 Å². The van der Waals surface area contributed by atoms with Crippen molar-refractivity contribution >= 4 is 5.95 Å². The van der Waals surface area contributed by atoms with Crippen molar-refractivity contribution < 1.29 is 5.11 Å². The summed E-state index contributed by atoms with van der Waals surface area (Å²) in [6, 6.07) is 0. The molecule has 4 nitrogen and oxygen atoms in total. The van der Waals surface area contributed by atoms with E-state index in [9.17, 15) is 0 Å². The van der Waals surface area contributed by atoms with Gasteiger partial charge in [0.2, 0.25) is 5.95 Å². The third kappa shape index (κ3) is 1.75. The summed E-state index contributed by atoms with van der Waals surface area (Å²) in [5.74, 6) is 0.909. The quantitative estimate of drug-likeness (QED) is 0.739. The highest BCUT2D eigenvalue weighted by Gasteiger charge is 2.41. The SMILES string of the molecule is CCn1ccnc1NCC1(CO)CC1. The van der Waals surface area contributed by atoms with Gasteiger partial charge in [-0.15, -0.1) is 0 Å². The van der Waals surface area contributed by atoms with Crippen LogP contribution in [-0.4, -0.2) is 27.8 Å². The average Bonchev–Trinajstić information content (AvgIpc) is 2.86. The lowest BCUT2D eigenvalue weighted by atomic mass is 10.1. The molecule has 1 saturated carbocycles. The Morgan fingerprint density at radius 3 is 3.00 bits per heavy atom. The summed E-state index contributed by atoms with van der Waals surface area (Å²) in [4.78, 5) is 4.22. The van der Waals surface area contributed by atoms with E-state index in [1.54, 1.807) is 6.20 Å². The molecule has 1 fully saturated rings. The first-order valence-electron chi connectivity index (χ1n) is 5.15. The van der Waals surface area contributed by atoms with E-state index in [-0.39, 0.29) is 12.0 Å². The van der Waals surface area contributed by atoms with Crippen LogP contribution in [0.25, 0.3) is 0 Å². The Morgan fingerprint density at radius 1 is 1.64 bits per heavy atom. The number of imidazole rings is 1. The van der Waals surface area contributed by atoms with E-state index in [1.165, 1.54) is 0 Å². The molecule has 14 heavy (non-hydrogen) atoms. The van der Waals surface area contributed by atoms with Crippen LogP contribution in [0.2, 0.25) is 0 Å². The van der Waals surface area contributed by atoms with Gasteiger partial charge in [-0.3, -0.25) is 0 Å². The number of aliphatic hydroxyl groups is 1. The number of rotatable bonds is 5. The second kappa shape index (κ2) is 3.61.